The quantitative estimate of drug-likeness (QED) is 0.764. The van der Waals surface area contributed by atoms with Gasteiger partial charge in [0.2, 0.25) is 5.09 Å². The predicted molar refractivity (Wildman–Crippen MR) is 67.4 cm³/mol. The number of nitrogens with two attached hydrogens (primary N) is 1. The van der Waals surface area contributed by atoms with E-state index in [0.717, 1.165) is 0 Å². The smallest absolute Gasteiger partial charge is 0.271 e. The van der Waals surface area contributed by atoms with Gasteiger partial charge < -0.3 is 14.5 Å². The summed E-state index contributed by atoms with van der Waals surface area (Å²) >= 11 is 0. The van der Waals surface area contributed by atoms with Gasteiger partial charge in [0, 0.05) is 13.2 Å². The molecule has 0 fully saturated rings. The highest BCUT2D eigenvalue weighted by Gasteiger charge is 2.16. The summed E-state index contributed by atoms with van der Waals surface area (Å²) in [7, 11) is -2.12. The van der Waals surface area contributed by atoms with Crippen LogP contribution in [-0.4, -0.2) is 28.2 Å². The van der Waals surface area contributed by atoms with Crippen molar-refractivity contribution in [3.63, 3.8) is 0 Å². The standard InChI is InChI=1S/C11H20N2O4S/c1-8(2)10(7-16-3)13-6-9-4-5-11(17-9)18(12,14)15/h4-5,8,10,13H,6-7H2,1-3H3,(H2,12,14,15). The molecule has 0 radical (unpaired) electrons. The molecule has 3 N–H and O–H groups in total. The molecule has 0 aromatic carbocycles. The molecule has 0 aliphatic carbocycles. The van der Waals surface area contributed by atoms with Crippen LogP contribution >= 0.6 is 0 Å². The number of rotatable bonds is 7. The lowest BCUT2D eigenvalue weighted by Crippen LogP contribution is -2.37. The third-order valence-corrected chi connectivity index (χ3v) is 3.39. The second-order valence-electron chi connectivity index (χ2n) is 4.45. The van der Waals surface area contributed by atoms with Gasteiger partial charge in [0.1, 0.15) is 5.76 Å². The zero-order chi connectivity index (χ0) is 13.8. The molecule has 1 atom stereocenters. The van der Waals surface area contributed by atoms with Crippen molar-refractivity contribution in [3.05, 3.63) is 17.9 Å². The number of hydrogen-bond acceptors (Lipinski definition) is 5. The van der Waals surface area contributed by atoms with E-state index in [0.29, 0.717) is 24.8 Å². The van der Waals surface area contributed by atoms with E-state index in [1.54, 1.807) is 13.2 Å². The molecule has 0 spiro atoms. The molecule has 1 aromatic heterocycles. The van der Waals surface area contributed by atoms with Crippen molar-refractivity contribution in [3.8, 4) is 0 Å². The summed E-state index contributed by atoms with van der Waals surface area (Å²) in [5.74, 6) is 0.929. The van der Waals surface area contributed by atoms with Crippen LogP contribution < -0.4 is 10.5 Å². The van der Waals surface area contributed by atoms with Gasteiger partial charge in [-0.25, -0.2) is 13.6 Å². The van der Waals surface area contributed by atoms with Crippen molar-refractivity contribution >= 4 is 10.0 Å². The SMILES string of the molecule is COCC(NCc1ccc(S(N)(=O)=O)o1)C(C)C. The molecule has 0 bridgehead atoms. The molecule has 1 aromatic rings. The maximum atomic E-state index is 11.0. The lowest BCUT2D eigenvalue weighted by atomic mass is 10.1. The van der Waals surface area contributed by atoms with Gasteiger partial charge in [-0.1, -0.05) is 13.8 Å². The normalized spacial score (nSPS) is 14.1. The summed E-state index contributed by atoms with van der Waals surface area (Å²) < 4.78 is 32.3. The molecule has 0 saturated carbocycles. The Balaban J connectivity index is 2.60. The van der Waals surface area contributed by atoms with E-state index in [1.807, 2.05) is 0 Å². The number of sulfonamides is 1. The van der Waals surface area contributed by atoms with Crippen LogP contribution in [0.5, 0.6) is 0 Å². The van der Waals surface area contributed by atoms with Crippen molar-refractivity contribution in [2.24, 2.45) is 11.1 Å². The Morgan fingerprint density at radius 3 is 2.56 bits per heavy atom. The average molecular weight is 276 g/mol. The van der Waals surface area contributed by atoms with Gasteiger partial charge >= 0.3 is 0 Å². The van der Waals surface area contributed by atoms with Crippen LogP contribution in [0.1, 0.15) is 19.6 Å². The second kappa shape index (κ2) is 6.33. The number of furan rings is 1. The minimum atomic E-state index is -3.77. The highest BCUT2D eigenvalue weighted by atomic mass is 32.2. The van der Waals surface area contributed by atoms with Crippen molar-refractivity contribution in [1.29, 1.82) is 0 Å². The van der Waals surface area contributed by atoms with Crippen molar-refractivity contribution in [2.45, 2.75) is 31.5 Å². The molecule has 0 aliphatic rings. The van der Waals surface area contributed by atoms with Gasteiger partial charge in [0.05, 0.1) is 13.2 Å². The van der Waals surface area contributed by atoms with Gasteiger partial charge in [-0.2, -0.15) is 0 Å². The van der Waals surface area contributed by atoms with Gasteiger partial charge in [-0.15, -0.1) is 0 Å². The van der Waals surface area contributed by atoms with E-state index < -0.39 is 10.0 Å². The molecule has 0 aliphatic heterocycles. The maximum Gasteiger partial charge on any atom is 0.271 e. The summed E-state index contributed by atoms with van der Waals surface area (Å²) in [4.78, 5) is 0. The topological polar surface area (TPSA) is 94.6 Å². The lowest BCUT2D eigenvalue weighted by molar-refractivity contribution is 0.145. The first-order valence-corrected chi connectivity index (χ1v) is 7.23. The monoisotopic (exact) mass is 276 g/mol. The van der Waals surface area contributed by atoms with Crippen LogP contribution in [-0.2, 0) is 21.3 Å². The molecule has 0 amide bonds. The predicted octanol–water partition coefficient (Wildman–Crippen LogP) is 0.688. The van der Waals surface area contributed by atoms with Crippen LogP contribution in [0.15, 0.2) is 21.6 Å². The zero-order valence-corrected chi connectivity index (χ0v) is 11.7. The van der Waals surface area contributed by atoms with Crippen molar-refractivity contribution < 1.29 is 17.6 Å². The number of ether oxygens (including phenoxy) is 1. The van der Waals surface area contributed by atoms with Gasteiger partial charge in [0.15, 0.2) is 0 Å². The summed E-state index contributed by atoms with van der Waals surface area (Å²) in [6.45, 7) is 5.17. The first-order chi connectivity index (χ1) is 8.34. The fourth-order valence-electron chi connectivity index (χ4n) is 1.50. The molecule has 1 rings (SSSR count). The summed E-state index contributed by atoms with van der Waals surface area (Å²) in [5, 5.41) is 7.99. The molecule has 6 nitrogen and oxygen atoms in total. The third kappa shape index (κ3) is 4.41. The Morgan fingerprint density at radius 2 is 2.11 bits per heavy atom. The second-order valence-corrected chi connectivity index (χ2v) is 5.94. The van der Waals surface area contributed by atoms with E-state index >= 15 is 0 Å². The highest BCUT2D eigenvalue weighted by Crippen LogP contribution is 2.12. The first-order valence-electron chi connectivity index (χ1n) is 5.68. The Hall–Kier alpha value is -0.890. The molecular weight excluding hydrogens is 256 g/mol. The molecule has 0 saturated heterocycles. The fourth-order valence-corrected chi connectivity index (χ4v) is 1.99. The number of nitrogens with one attached hydrogen (secondary N) is 1. The molecule has 1 unspecified atom stereocenters. The third-order valence-electron chi connectivity index (χ3n) is 2.61. The fraction of sp³-hybridized carbons (Fsp3) is 0.636. The Bertz CT molecular complexity index is 467. The lowest BCUT2D eigenvalue weighted by Gasteiger charge is -2.20. The van der Waals surface area contributed by atoms with Crippen LogP contribution in [0, 0.1) is 5.92 Å². The molecular formula is C11H20N2O4S. The van der Waals surface area contributed by atoms with E-state index in [2.05, 4.69) is 19.2 Å². The molecule has 7 heteroatoms. The largest absolute Gasteiger partial charge is 0.447 e. The van der Waals surface area contributed by atoms with Crippen LogP contribution in [0.25, 0.3) is 0 Å². The average Bonchev–Trinajstić information content (AvgIpc) is 2.71. The number of primary sulfonamides is 1. The minimum absolute atomic E-state index is 0.179. The highest BCUT2D eigenvalue weighted by molar-refractivity contribution is 7.89. The first kappa shape index (κ1) is 15.2. The number of hydrogen-bond donors (Lipinski definition) is 2. The Labute approximate surface area is 108 Å². The van der Waals surface area contributed by atoms with Crippen molar-refractivity contribution in [1.82, 2.24) is 5.32 Å². The van der Waals surface area contributed by atoms with Gasteiger partial charge in [0.25, 0.3) is 10.0 Å². The minimum Gasteiger partial charge on any atom is -0.447 e. The van der Waals surface area contributed by atoms with Crippen LogP contribution in [0.3, 0.4) is 0 Å². The van der Waals surface area contributed by atoms with E-state index in [9.17, 15) is 8.42 Å². The van der Waals surface area contributed by atoms with Crippen LogP contribution in [0.2, 0.25) is 0 Å². The maximum absolute atomic E-state index is 11.0. The van der Waals surface area contributed by atoms with E-state index in [-0.39, 0.29) is 11.1 Å². The molecule has 104 valence electrons. The number of methoxy groups -OCH3 is 1. The molecule has 18 heavy (non-hydrogen) atoms. The Kier molecular flexibility index (Phi) is 5.33. The summed E-state index contributed by atoms with van der Waals surface area (Å²) in [5.41, 5.74) is 0. The van der Waals surface area contributed by atoms with E-state index in [1.165, 1.54) is 6.07 Å². The van der Waals surface area contributed by atoms with Gasteiger partial charge in [-0.05, 0) is 18.1 Å². The molecule has 1 heterocycles. The summed E-state index contributed by atoms with van der Waals surface area (Å²) in [6, 6.07) is 3.13. The Morgan fingerprint density at radius 1 is 1.44 bits per heavy atom. The van der Waals surface area contributed by atoms with E-state index in [4.69, 9.17) is 14.3 Å². The zero-order valence-electron chi connectivity index (χ0n) is 10.8. The van der Waals surface area contributed by atoms with Crippen molar-refractivity contribution in [2.75, 3.05) is 13.7 Å². The van der Waals surface area contributed by atoms with Gasteiger partial charge in [-0.3, -0.25) is 0 Å². The van der Waals surface area contributed by atoms with Crippen LogP contribution in [0.4, 0.5) is 0 Å². The summed E-state index contributed by atoms with van der Waals surface area (Å²) in [6.07, 6.45) is 0.